The first-order valence-corrected chi connectivity index (χ1v) is 8.22. The van der Waals surface area contributed by atoms with Crippen molar-refractivity contribution in [3.63, 3.8) is 0 Å². The molecule has 0 fully saturated rings. The Labute approximate surface area is 150 Å². The Balaban J connectivity index is 1.82. The van der Waals surface area contributed by atoms with E-state index in [1.807, 2.05) is 24.3 Å². The number of hydrogen-bond acceptors (Lipinski definition) is 6. The number of hydrogen-bond donors (Lipinski definition) is 1. The van der Waals surface area contributed by atoms with Gasteiger partial charge in [-0.15, -0.1) is 0 Å². The number of fused-ring (bicyclic) bond motifs is 1. The molecule has 7 heteroatoms. The van der Waals surface area contributed by atoms with Crippen LogP contribution >= 0.6 is 0 Å². The second-order valence-electron chi connectivity index (χ2n) is 5.86. The zero-order chi connectivity index (χ0) is 18.1. The fourth-order valence-corrected chi connectivity index (χ4v) is 3.16. The minimum absolute atomic E-state index is 0.537. The van der Waals surface area contributed by atoms with E-state index in [4.69, 9.17) is 18.9 Å². The van der Waals surface area contributed by atoms with Gasteiger partial charge in [0.2, 0.25) is 5.75 Å². The highest BCUT2D eigenvalue weighted by molar-refractivity contribution is 5.80. The zero-order valence-electron chi connectivity index (χ0n) is 14.8. The highest BCUT2D eigenvalue weighted by Crippen LogP contribution is 2.42. The summed E-state index contributed by atoms with van der Waals surface area (Å²) in [5, 5.41) is 11.4. The molecule has 2 heterocycles. The number of H-pyrrole nitrogens is 1. The van der Waals surface area contributed by atoms with Gasteiger partial charge in [0.25, 0.3) is 0 Å². The number of aromatic amines is 1. The van der Waals surface area contributed by atoms with Crippen molar-refractivity contribution < 1.29 is 18.9 Å². The number of rotatable bonds is 5. The number of aromatic nitrogens is 3. The standard InChI is InChI=1S/C19H19N3O4/c1-23-15-9-13(10-16(24-2)19(15)25-3)18-17(20-22-21-18)12-5-4-11-6-7-26-14(11)8-12/h4-5,8-10H,6-7H2,1-3H3,(H,20,21,22). The number of ether oxygens (including phenoxy) is 4. The molecule has 3 aromatic rings. The van der Waals surface area contributed by atoms with Crippen molar-refractivity contribution in [3.05, 3.63) is 35.9 Å². The first kappa shape index (κ1) is 16.3. The first-order valence-electron chi connectivity index (χ1n) is 8.22. The average Bonchev–Trinajstić information content (AvgIpc) is 3.35. The van der Waals surface area contributed by atoms with Crippen LogP contribution in [0.4, 0.5) is 0 Å². The number of methoxy groups -OCH3 is 3. The molecular weight excluding hydrogens is 334 g/mol. The van der Waals surface area contributed by atoms with Crippen LogP contribution in [-0.2, 0) is 6.42 Å². The Morgan fingerprint density at radius 3 is 2.23 bits per heavy atom. The molecule has 0 bridgehead atoms. The van der Waals surface area contributed by atoms with E-state index < -0.39 is 0 Å². The van der Waals surface area contributed by atoms with E-state index in [-0.39, 0.29) is 0 Å². The second kappa shape index (κ2) is 6.59. The molecule has 0 atom stereocenters. The average molecular weight is 353 g/mol. The first-order chi connectivity index (χ1) is 12.7. The van der Waals surface area contributed by atoms with Crippen LogP contribution in [0.1, 0.15) is 5.56 Å². The van der Waals surface area contributed by atoms with Crippen molar-refractivity contribution in [2.75, 3.05) is 27.9 Å². The third-order valence-corrected chi connectivity index (χ3v) is 4.46. The maximum atomic E-state index is 5.67. The van der Waals surface area contributed by atoms with Crippen LogP contribution in [0.3, 0.4) is 0 Å². The molecule has 1 aliphatic rings. The molecule has 1 aliphatic heterocycles. The van der Waals surface area contributed by atoms with E-state index in [0.717, 1.165) is 35.6 Å². The van der Waals surface area contributed by atoms with Crippen molar-refractivity contribution in [1.82, 2.24) is 15.4 Å². The topological polar surface area (TPSA) is 78.5 Å². The minimum Gasteiger partial charge on any atom is -0.493 e. The molecule has 7 nitrogen and oxygen atoms in total. The number of nitrogens with zero attached hydrogens (tertiary/aromatic N) is 2. The third kappa shape index (κ3) is 2.61. The molecule has 1 aromatic heterocycles. The van der Waals surface area contributed by atoms with Crippen molar-refractivity contribution >= 4 is 0 Å². The summed E-state index contributed by atoms with van der Waals surface area (Å²) in [6.45, 7) is 0.720. The predicted octanol–water partition coefficient (Wildman–Crippen LogP) is 3.10. The Kier molecular flexibility index (Phi) is 4.12. The van der Waals surface area contributed by atoms with Crippen LogP contribution < -0.4 is 18.9 Å². The van der Waals surface area contributed by atoms with Gasteiger partial charge in [-0.25, -0.2) is 0 Å². The molecule has 2 aromatic carbocycles. The second-order valence-corrected chi connectivity index (χ2v) is 5.86. The van der Waals surface area contributed by atoms with Crippen LogP contribution in [0.15, 0.2) is 30.3 Å². The molecule has 0 spiro atoms. The molecule has 4 rings (SSSR count). The molecular formula is C19H19N3O4. The van der Waals surface area contributed by atoms with E-state index in [1.54, 1.807) is 21.3 Å². The van der Waals surface area contributed by atoms with Crippen molar-refractivity contribution in [3.8, 4) is 45.5 Å². The summed E-state index contributed by atoms with van der Waals surface area (Å²) in [7, 11) is 4.75. The molecule has 0 unspecified atom stereocenters. The van der Waals surface area contributed by atoms with Gasteiger partial charge in [-0.2, -0.15) is 15.4 Å². The van der Waals surface area contributed by atoms with E-state index >= 15 is 0 Å². The lowest BCUT2D eigenvalue weighted by Crippen LogP contribution is -1.96. The monoisotopic (exact) mass is 353 g/mol. The largest absolute Gasteiger partial charge is 0.493 e. The van der Waals surface area contributed by atoms with Crippen LogP contribution in [0.25, 0.3) is 22.5 Å². The van der Waals surface area contributed by atoms with Crippen LogP contribution in [0, 0.1) is 0 Å². The Bertz CT molecular complexity index is 927. The van der Waals surface area contributed by atoms with Gasteiger partial charge in [-0.05, 0) is 23.8 Å². The van der Waals surface area contributed by atoms with Crippen molar-refractivity contribution in [1.29, 1.82) is 0 Å². The fraction of sp³-hybridized carbons (Fsp3) is 0.263. The molecule has 26 heavy (non-hydrogen) atoms. The maximum absolute atomic E-state index is 5.67. The quantitative estimate of drug-likeness (QED) is 0.759. The van der Waals surface area contributed by atoms with Crippen LogP contribution in [0.2, 0.25) is 0 Å². The highest BCUT2D eigenvalue weighted by atomic mass is 16.5. The highest BCUT2D eigenvalue weighted by Gasteiger charge is 2.20. The summed E-state index contributed by atoms with van der Waals surface area (Å²) in [6.07, 6.45) is 0.939. The molecule has 0 radical (unpaired) electrons. The fourth-order valence-electron chi connectivity index (χ4n) is 3.16. The summed E-state index contributed by atoms with van der Waals surface area (Å²) in [5.41, 5.74) is 4.39. The van der Waals surface area contributed by atoms with Gasteiger partial charge >= 0.3 is 0 Å². The Hall–Kier alpha value is -3.22. The molecule has 134 valence electrons. The third-order valence-electron chi connectivity index (χ3n) is 4.46. The normalized spacial score (nSPS) is 12.4. The van der Waals surface area contributed by atoms with Gasteiger partial charge in [0, 0.05) is 17.5 Å². The van der Waals surface area contributed by atoms with Crippen molar-refractivity contribution in [2.45, 2.75) is 6.42 Å². The van der Waals surface area contributed by atoms with Crippen LogP contribution in [0.5, 0.6) is 23.0 Å². The lowest BCUT2D eigenvalue weighted by atomic mass is 10.0. The number of benzene rings is 2. The summed E-state index contributed by atoms with van der Waals surface area (Å²) in [4.78, 5) is 0. The zero-order valence-corrected chi connectivity index (χ0v) is 14.8. The van der Waals surface area contributed by atoms with Gasteiger partial charge < -0.3 is 18.9 Å². The summed E-state index contributed by atoms with van der Waals surface area (Å²) < 4.78 is 21.9. The molecule has 0 aliphatic carbocycles. The Morgan fingerprint density at radius 2 is 1.58 bits per heavy atom. The lowest BCUT2D eigenvalue weighted by Gasteiger charge is -2.13. The minimum atomic E-state index is 0.537. The Morgan fingerprint density at radius 1 is 0.885 bits per heavy atom. The summed E-state index contributed by atoms with van der Waals surface area (Å²) in [6, 6.07) is 9.82. The van der Waals surface area contributed by atoms with E-state index in [2.05, 4.69) is 21.5 Å². The number of nitrogens with one attached hydrogen (secondary N) is 1. The van der Waals surface area contributed by atoms with Gasteiger partial charge in [0.15, 0.2) is 11.5 Å². The van der Waals surface area contributed by atoms with E-state index in [9.17, 15) is 0 Å². The molecule has 1 N–H and O–H groups in total. The van der Waals surface area contributed by atoms with Gasteiger partial charge in [-0.1, -0.05) is 12.1 Å². The summed E-state index contributed by atoms with van der Waals surface area (Å²) >= 11 is 0. The SMILES string of the molecule is COc1cc(-c2n[nH]nc2-c2ccc3c(c2)OCC3)cc(OC)c1OC. The lowest BCUT2D eigenvalue weighted by molar-refractivity contribution is 0.324. The smallest absolute Gasteiger partial charge is 0.203 e. The summed E-state index contributed by atoms with van der Waals surface area (Å²) in [5.74, 6) is 2.57. The van der Waals surface area contributed by atoms with Gasteiger partial charge in [0.1, 0.15) is 17.1 Å². The molecule has 0 saturated heterocycles. The molecule has 0 saturated carbocycles. The predicted molar refractivity (Wildman–Crippen MR) is 96.1 cm³/mol. The van der Waals surface area contributed by atoms with E-state index in [1.165, 1.54) is 5.56 Å². The van der Waals surface area contributed by atoms with E-state index in [0.29, 0.717) is 22.9 Å². The van der Waals surface area contributed by atoms with Gasteiger partial charge in [-0.3, -0.25) is 0 Å². The van der Waals surface area contributed by atoms with Crippen molar-refractivity contribution in [2.24, 2.45) is 0 Å². The van der Waals surface area contributed by atoms with Gasteiger partial charge in [0.05, 0.1) is 27.9 Å². The maximum Gasteiger partial charge on any atom is 0.203 e. The molecule has 0 amide bonds. The van der Waals surface area contributed by atoms with Crippen LogP contribution in [-0.4, -0.2) is 43.3 Å².